The third-order valence-corrected chi connectivity index (χ3v) is 7.94. The molecule has 4 N–H and O–H groups in total. The third kappa shape index (κ3) is 8.47. The molecule has 0 aliphatic heterocycles. The van der Waals surface area contributed by atoms with Crippen LogP contribution in [0.3, 0.4) is 0 Å². The number of aliphatic hydroxyl groups excluding tert-OH is 2. The lowest BCUT2D eigenvalue weighted by molar-refractivity contribution is 0.291. The van der Waals surface area contributed by atoms with Gasteiger partial charge in [0.2, 0.25) is 0 Å². The Balaban J connectivity index is 1.62. The smallest absolute Gasteiger partial charge is 0.131 e. The molecule has 0 unspecified atom stereocenters. The van der Waals surface area contributed by atoms with Crippen molar-refractivity contribution in [1.82, 2.24) is 10.6 Å². The Hall–Kier alpha value is -4.34. The van der Waals surface area contributed by atoms with Crippen molar-refractivity contribution in [3.63, 3.8) is 0 Å². The summed E-state index contributed by atoms with van der Waals surface area (Å²) in [6, 6.07) is 21.9. The van der Waals surface area contributed by atoms with E-state index < -0.39 is 11.7 Å². The Morgan fingerprint density at radius 1 is 0.652 bits per heavy atom. The first kappa shape index (κ1) is 34.5. The molecule has 4 aromatic rings. The van der Waals surface area contributed by atoms with Gasteiger partial charge in [-0.05, 0) is 71.5 Å². The van der Waals surface area contributed by atoms with E-state index in [9.17, 15) is 0 Å². The van der Waals surface area contributed by atoms with E-state index in [4.69, 9.17) is 19.7 Å². The Kier molecular flexibility index (Phi) is 12.6. The van der Waals surface area contributed by atoms with Gasteiger partial charge in [-0.1, -0.05) is 60.7 Å². The molecule has 0 spiro atoms. The van der Waals surface area contributed by atoms with Gasteiger partial charge in [-0.2, -0.15) is 0 Å². The van der Waals surface area contributed by atoms with Gasteiger partial charge in [0.1, 0.15) is 23.2 Å². The normalized spacial score (nSPS) is 12.0. The SMILES string of the molecule is COc1cc(/C(F)=C/c2cccc(-c3cccc(/C=C(\F)c4ccc(CNCCO)c(OC)c4)c3C)c2C)ccc1CNCCO. The highest BCUT2D eigenvalue weighted by molar-refractivity contribution is 5.85. The molecule has 8 heteroatoms. The number of rotatable bonds is 15. The van der Waals surface area contributed by atoms with Gasteiger partial charge in [-0.25, -0.2) is 8.78 Å². The molecule has 0 aromatic heterocycles. The summed E-state index contributed by atoms with van der Waals surface area (Å²) in [4.78, 5) is 0. The van der Waals surface area contributed by atoms with Crippen molar-refractivity contribution in [3.8, 4) is 22.6 Å². The van der Waals surface area contributed by atoms with Gasteiger partial charge in [-0.15, -0.1) is 0 Å². The van der Waals surface area contributed by atoms with Crippen molar-refractivity contribution in [2.75, 3.05) is 40.5 Å². The first-order valence-corrected chi connectivity index (χ1v) is 15.2. The third-order valence-electron chi connectivity index (χ3n) is 7.94. The van der Waals surface area contributed by atoms with Gasteiger partial charge in [0.25, 0.3) is 0 Å². The lowest BCUT2D eigenvalue weighted by atomic mass is 9.91. The minimum atomic E-state index is -0.394. The molecule has 0 fully saturated rings. The molecule has 0 heterocycles. The summed E-state index contributed by atoms with van der Waals surface area (Å²) in [6.45, 7) is 5.88. The van der Waals surface area contributed by atoms with Crippen molar-refractivity contribution in [2.24, 2.45) is 0 Å². The Morgan fingerprint density at radius 3 is 1.43 bits per heavy atom. The fourth-order valence-electron chi connectivity index (χ4n) is 5.33. The zero-order valence-electron chi connectivity index (χ0n) is 26.8. The number of methoxy groups -OCH3 is 2. The first-order valence-electron chi connectivity index (χ1n) is 15.2. The molecule has 4 aromatic carbocycles. The maximum atomic E-state index is 15.6. The van der Waals surface area contributed by atoms with E-state index in [2.05, 4.69) is 10.6 Å². The molecule has 242 valence electrons. The van der Waals surface area contributed by atoms with Crippen molar-refractivity contribution in [1.29, 1.82) is 0 Å². The maximum Gasteiger partial charge on any atom is 0.131 e. The van der Waals surface area contributed by atoms with Gasteiger partial charge < -0.3 is 30.3 Å². The fraction of sp³-hybridized carbons (Fsp3) is 0.263. The van der Waals surface area contributed by atoms with E-state index in [0.29, 0.717) is 48.8 Å². The highest BCUT2D eigenvalue weighted by Crippen LogP contribution is 2.34. The molecular weight excluding hydrogens is 586 g/mol. The summed E-state index contributed by atoms with van der Waals surface area (Å²) < 4.78 is 42.1. The van der Waals surface area contributed by atoms with E-state index in [0.717, 1.165) is 44.5 Å². The van der Waals surface area contributed by atoms with Crippen LogP contribution >= 0.6 is 0 Å². The molecule has 0 radical (unpaired) electrons. The quantitative estimate of drug-likeness (QED) is 0.0832. The maximum absolute atomic E-state index is 15.6. The molecule has 0 aliphatic rings. The monoisotopic (exact) mass is 628 g/mol. The summed E-state index contributed by atoms with van der Waals surface area (Å²) in [5.74, 6) is 0.340. The highest BCUT2D eigenvalue weighted by atomic mass is 19.1. The fourth-order valence-corrected chi connectivity index (χ4v) is 5.33. The zero-order valence-corrected chi connectivity index (χ0v) is 26.8. The molecule has 0 aliphatic carbocycles. The van der Waals surface area contributed by atoms with Crippen LogP contribution in [0.5, 0.6) is 11.5 Å². The predicted octanol–water partition coefficient (Wildman–Crippen LogP) is 7.09. The van der Waals surface area contributed by atoms with Crippen LogP contribution < -0.4 is 20.1 Å². The van der Waals surface area contributed by atoms with Crippen molar-refractivity contribution < 1.29 is 28.5 Å². The standard InChI is InChI=1S/C38H42F2N2O4/c1-25-27(19-35(39)29-11-13-31(23-41-15-17-43)37(21-29)45-3)7-5-9-33(25)34-10-6-8-28(26(34)2)20-36(40)30-12-14-32(24-42-16-18-44)38(22-30)46-4/h5-14,19-22,41-44H,15-18,23-24H2,1-4H3/b35-19-,36-20-. The highest BCUT2D eigenvalue weighted by Gasteiger charge is 2.14. The van der Waals surface area contributed by atoms with E-state index in [-0.39, 0.29) is 13.2 Å². The van der Waals surface area contributed by atoms with E-state index in [1.165, 1.54) is 12.2 Å². The van der Waals surface area contributed by atoms with Gasteiger partial charge in [0, 0.05) is 48.4 Å². The summed E-state index contributed by atoms with van der Waals surface area (Å²) in [6.07, 6.45) is 3.04. The number of halogens is 2. The van der Waals surface area contributed by atoms with Crippen LogP contribution in [-0.4, -0.2) is 50.7 Å². The van der Waals surface area contributed by atoms with E-state index in [1.54, 1.807) is 38.5 Å². The second kappa shape index (κ2) is 16.8. The minimum absolute atomic E-state index is 0.0314. The number of hydrogen-bond donors (Lipinski definition) is 4. The Labute approximate surface area is 270 Å². The first-order chi connectivity index (χ1) is 22.3. The molecular formula is C38H42F2N2O4. The molecule has 0 amide bonds. The second-order valence-electron chi connectivity index (χ2n) is 10.9. The van der Waals surface area contributed by atoms with Crippen LogP contribution in [0.25, 0.3) is 34.9 Å². The van der Waals surface area contributed by atoms with Gasteiger partial charge in [0.15, 0.2) is 0 Å². The summed E-state index contributed by atoms with van der Waals surface area (Å²) >= 11 is 0. The molecule has 0 atom stereocenters. The van der Waals surface area contributed by atoms with E-state index >= 15 is 8.78 Å². The van der Waals surface area contributed by atoms with Gasteiger partial charge >= 0.3 is 0 Å². The zero-order chi connectivity index (χ0) is 33.1. The Morgan fingerprint density at radius 2 is 1.07 bits per heavy atom. The van der Waals surface area contributed by atoms with Crippen LogP contribution in [0.1, 0.15) is 44.5 Å². The molecule has 0 bridgehead atoms. The van der Waals surface area contributed by atoms with Gasteiger partial charge in [0.05, 0.1) is 27.4 Å². The van der Waals surface area contributed by atoms with Crippen LogP contribution in [0.4, 0.5) is 8.78 Å². The van der Waals surface area contributed by atoms with Crippen LogP contribution in [0, 0.1) is 13.8 Å². The lowest BCUT2D eigenvalue weighted by Gasteiger charge is -2.15. The molecule has 46 heavy (non-hydrogen) atoms. The molecule has 6 nitrogen and oxygen atoms in total. The molecule has 0 saturated carbocycles. The average Bonchev–Trinajstić information content (AvgIpc) is 3.07. The summed E-state index contributed by atoms with van der Waals surface area (Å²) in [5, 5.41) is 24.3. The number of benzene rings is 4. The number of hydrogen-bond acceptors (Lipinski definition) is 6. The van der Waals surface area contributed by atoms with E-state index in [1.807, 2.05) is 62.4 Å². The lowest BCUT2D eigenvalue weighted by Crippen LogP contribution is -2.17. The van der Waals surface area contributed by atoms with Crippen molar-refractivity contribution >= 4 is 23.8 Å². The van der Waals surface area contributed by atoms with Crippen molar-refractivity contribution in [2.45, 2.75) is 26.9 Å². The second-order valence-corrected chi connectivity index (χ2v) is 10.9. The van der Waals surface area contributed by atoms with Crippen LogP contribution in [0.15, 0.2) is 72.8 Å². The topological polar surface area (TPSA) is 83.0 Å². The molecule has 4 rings (SSSR count). The largest absolute Gasteiger partial charge is 0.496 e. The summed E-state index contributed by atoms with van der Waals surface area (Å²) in [7, 11) is 3.10. The molecule has 0 saturated heterocycles. The van der Waals surface area contributed by atoms with Crippen LogP contribution in [-0.2, 0) is 13.1 Å². The average molecular weight is 629 g/mol. The minimum Gasteiger partial charge on any atom is -0.496 e. The van der Waals surface area contributed by atoms with Crippen molar-refractivity contribution in [3.05, 3.63) is 117 Å². The number of aliphatic hydroxyl groups is 2. The predicted molar refractivity (Wildman–Crippen MR) is 183 cm³/mol. The number of ether oxygens (including phenoxy) is 2. The van der Waals surface area contributed by atoms with Gasteiger partial charge in [-0.3, -0.25) is 0 Å². The van der Waals surface area contributed by atoms with Crippen LogP contribution in [0.2, 0.25) is 0 Å². The Bertz CT molecular complexity index is 1580. The number of nitrogens with one attached hydrogen (secondary N) is 2. The summed E-state index contributed by atoms with van der Waals surface area (Å²) in [5.41, 5.74) is 7.66.